The van der Waals surface area contributed by atoms with Gasteiger partial charge in [0.05, 0.1) is 0 Å². The van der Waals surface area contributed by atoms with E-state index >= 15 is 0 Å². The molecule has 1 amide bonds. The summed E-state index contributed by atoms with van der Waals surface area (Å²) in [5.41, 5.74) is 0. The minimum Gasteiger partial charge on any atom is -0.337 e. The van der Waals surface area contributed by atoms with Crippen LogP contribution in [0.25, 0.3) is 0 Å². The van der Waals surface area contributed by atoms with E-state index in [1.54, 1.807) is 6.26 Å². The molecule has 0 rings (SSSR count). The highest BCUT2D eigenvalue weighted by Crippen LogP contribution is 2.37. The van der Waals surface area contributed by atoms with Gasteiger partial charge in [-0.2, -0.15) is 33.7 Å². The van der Waals surface area contributed by atoms with Crippen LogP contribution in [0.1, 0.15) is 13.3 Å². The normalized spacial score (nSPS) is 14.6. The summed E-state index contributed by atoms with van der Waals surface area (Å²) < 4.78 is 61.3. The lowest BCUT2D eigenvalue weighted by atomic mass is 10.2. The number of carbonyl (C=O) groups is 1. The van der Waals surface area contributed by atoms with Gasteiger partial charge in [-0.25, -0.2) is 0 Å². The molecule has 0 radical (unpaired) electrons. The second-order valence-electron chi connectivity index (χ2n) is 3.62. The van der Waals surface area contributed by atoms with Crippen LogP contribution < -0.4 is 0 Å². The molecular formula is C9H14F5NOS. The Kier molecular flexibility index (Phi) is 5.70. The molecule has 1 unspecified atom stereocenters. The van der Waals surface area contributed by atoms with E-state index in [9.17, 15) is 26.7 Å². The minimum absolute atomic E-state index is 0.358. The molecule has 0 saturated heterocycles. The van der Waals surface area contributed by atoms with Crippen molar-refractivity contribution in [2.24, 2.45) is 0 Å². The lowest BCUT2D eigenvalue weighted by Crippen LogP contribution is -2.53. The summed E-state index contributed by atoms with van der Waals surface area (Å²) in [4.78, 5) is 11.5. The van der Waals surface area contributed by atoms with Crippen LogP contribution in [0.15, 0.2) is 0 Å². The summed E-state index contributed by atoms with van der Waals surface area (Å²) in [6.45, 7) is 1.43. The Balaban J connectivity index is 4.70. The Morgan fingerprint density at radius 2 is 1.76 bits per heavy atom. The maximum atomic E-state index is 12.7. The largest absolute Gasteiger partial charge is 0.463 e. The monoisotopic (exact) mass is 279 g/mol. The number of thioether (sulfide) groups is 1. The van der Waals surface area contributed by atoms with Gasteiger partial charge in [0.15, 0.2) is 0 Å². The topological polar surface area (TPSA) is 20.3 Å². The van der Waals surface area contributed by atoms with Crippen LogP contribution in [-0.2, 0) is 4.79 Å². The number of carbonyl (C=O) groups excluding carboxylic acids is 1. The molecule has 0 aliphatic heterocycles. The molecule has 0 bridgehead atoms. The molecule has 0 heterocycles. The molecule has 17 heavy (non-hydrogen) atoms. The third-order valence-corrected chi connectivity index (χ3v) is 2.99. The molecule has 0 spiro atoms. The molecule has 0 aliphatic rings. The lowest BCUT2D eigenvalue weighted by molar-refractivity contribution is -0.274. The van der Waals surface area contributed by atoms with E-state index < -0.39 is 24.0 Å². The Hall–Kier alpha value is -0.530. The highest BCUT2D eigenvalue weighted by molar-refractivity contribution is 7.98. The number of hydrogen-bond acceptors (Lipinski definition) is 2. The number of amides is 1. The van der Waals surface area contributed by atoms with Crippen LogP contribution in [-0.4, -0.2) is 48.0 Å². The van der Waals surface area contributed by atoms with Gasteiger partial charge in [0, 0.05) is 13.1 Å². The Morgan fingerprint density at radius 3 is 2.12 bits per heavy atom. The molecule has 0 aromatic carbocycles. The van der Waals surface area contributed by atoms with Gasteiger partial charge in [-0.3, -0.25) is 4.79 Å². The highest BCUT2D eigenvalue weighted by atomic mass is 32.2. The smallest absolute Gasteiger partial charge is 0.337 e. The van der Waals surface area contributed by atoms with Crippen molar-refractivity contribution in [3.05, 3.63) is 0 Å². The summed E-state index contributed by atoms with van der Waals surface area (Å²) in [6.07, 6.45) is -3.71. The van der Waals surface area contributed by atoms with Gasteiger partial charge in [0.25, 0.3) is 0 Å². The van der Waals surface area contributed by atoms with Gasteiger partial charge in [-0.1, -0.05) is 0 Å². The zero-order valence-electron chi connectivity index (χ0n) is 9.65. The van der Waals surface area contributed by atoms with E-state index in [0.717, 1.165) is 7.05 Å². The number of hydrogen-bond donors (Lipinski definition) is 0. The van der Waals surface area contributed by atoms with Crippen molar-refractivity contribution >= 4 is 17.7 Å². The van der Waals surface area contributed by atoms with Gasteiger partial charge < -0.3 is 4.90 Å². The van der Waals surface area contributed by atoms with Crippen LogP contribution in [0, 0.1) is 0 Å². The molecule has 0 saturated carbocycles. The van der Waals surface area contributed by atoms with Crippen molar-refractivity contribution in [3.8, 4) is 0 Å². The molecular weight excluding hydrogens is 265 g/mol. The average Bonchev–Trinajstić information content (AvgIpc) is 2.21. The summed E-state index contributed by atoms with van der Waals surface area (Å²) in [6, 6.07) is -0.664. The third-order valence-electron chi connectivity index (χ3n) is 2.35. The van der Waals surface area contributed by atoms with Crippen LogP contribution in [0.2, 0.25) is 0 Å². The van der Waals surface area contributed by atoms with Gasteiger partial charge in [-0.15, -0.1) is 0 Å². The van der Waals surface area contributed by atoms with E-state index in [1.807, 2.05) is 0 Å². The molecule has 2 nitrogen and oxygen atoms in total. The second-order valence-corrected chi connectivity index (χ2v) is 4.60. The van der Waals surface area contributed by atoms with E-state index in [-0.39, 0.29) is 0 Å². The molecule has 0 aromatic rings. The van der Waals surface area contributed by atoms with Crippen molar-refractivity contribution < 1.29 is 26.7 Å². The molecule has 0 aliphatic carbocycles. The fourth-order valence-electron chi connectivity index (χ4n) is 1.02. The van der Waals surface area contributed by atoms with Gasteiger partial charge in [0.2, 0.25) is 0 Å². The van der Waals surface area contributed by atoms with E-state index in [1.165, 1.54) is 18.7 Å². The minimum atomic E-state index is -5.85. The second kappa shape index (κ2) is 5.88. The standard InChI is InChI=1S/C9H14F5NOS/c1-6(4-5-17-3)15(2)7(16)8(10,11)9(12,13)14/h6H,4-5H2,1-3H3. The maximum absolute atomic E-state index is 12.7. The van der Waals surface area contributed by atoms with Crippen molar-refractivity contribution in [2.75, 3.05) is 19.1 Å². The predicted octanol–water partition coefficient (Wildman–Crippen LogP) is 2.78. The Bertz CT molecular complexity index is 269. The SMILES string of the molecule is CSCCC(C)N(C)C(=O)C(F)(F)C(F)(F)F. The van der Waals surface area contributed by atoms with Crippen LogP contribution in [0.5, 0.6) is 0 Å². The Morgan fingerprint density at radius 1 is 1.29 bits per heavy atom. The number of rotatable bonds is 5. The van der Waals surface area contributed by atoms with Gasteiger partial charge in [-0.05, 0) is 25.4 Å². The van der Waals surface area contributed by atoms with Crippen molar-refractivity contribution in [1.82, 2.24) is 4.90 Å². The Labute approximate surface area is 101 Å². The van der Waals surface area contributed by atoms with Crippen LogP contribution >= 0.6 is 11.8 Å². The molecule has 8 heteroatoms. The third kappa shape index (κ3) is 4.01. The van der Waals surface area contributed by atoms with Crippen molar-refractivity contribution in [2.45, 2.75) is 31.5 Å². The van der Waals surface area contributed by atoms with E-state index in [0.29, 0.717) is 17.1 Å². The number of halogens is 5. The molecule has 0 aromatic heterocycles. The highest BCUT2D eigenvalue weighted by Gasteiger charge is 2.64. The first-order chi connectivity index (χ1) is 7.55. The predicted molar refractivity (Wildman–Crippen MR) is 56.2 cm³/mol. The summed E-state index contributed by atoms with van der Waals surface area (Å²) in [5.74, 6) is -6.95. The fourth-order valence-corrected chi connectivity index (χ4v) is 1.60. The molecule has 1 atom stereocenters. The molecule has 0 fully saturated rings. The fraction of sp³-hybridized carbons (Fsp3) is 0.889. The van der Waals surface area contributed by atoms with Crippen molar-refractivity contribution in [1.29, 1.82) is 0 Å². The van der Waals surface area contributed by atoms with Crippen molar-refractivity contribution in [3.63, 3.8) is 0 Å². The van der Waals surface area contributed by atoms with Gasteiger partial charge >= 0.3 is 18.0 Å². The zero-order valence-corrected chi connectivity index (χ0v) is 10.5. The molecule has 102 valence electrons. The summed E-state index contributed by atoms with van der Waals surface area (Å²) >= 11 is 1.42. The first-order valence-corrected chi connectivity index (χ1v) is 6.15. The van der Waals surface area contributed by atoms with Crippen LogP contribution in [0.3, 0.4) is 0 Å². The zero-order chi connectivity index (χ0) is 13.9. The number of nitrogens with zero attached hydrogens (tertiary/aromatic N) is 1. The summed E-state index contributed by atoms with van der Waals surface area (Å²) in [7, 11) is 0.951. The average molecular weight is 279 g/mol. The van der Waals surface area contributed by atoms with E-state index in [2.05, 4.69) is 0 Å². The van der Waals surface area contributed by atoms with Gasteiger partial charge in [0.1, 0.15) is 0 Å². The van der Waals surface area contributed by atoms with E-state index in [4.69, 9.17) is 0 Å². The molecule has 0 N–H and O–H groups in total. The first-order valence-electron chi connectivity index (χ1n) is 4.76. The lowest BCUT2D eigenvalue weighted by Gasteiger charge is -2.29. The number of alkyl halides is 5. The summed E-state index contributed by atoms with van der Waals surface area (Å²) in [5, 5.41) is 0. The quantitative estimate of drug-likeness (QED) is 0.721. The van der Waals surface area contributed by atoms with Crippen LogP contribution in [0.4, 0.5) is 22.0 Å². The first kappa shape index (κ1) is 16.5. The maximum Gasteiger partial charge on any atom is 0.463 e.